The van der Waals surface area contributed by atoms with Gasteiger partial charge in [0.25, 0.3) is 0 Å². The van der Waals surface area contributed by atoms with E-state index >= 15 is 0 Å². The fourth-order valence-electron chi connectivity index (χ4n) is 1.67. The van der Waals surface area contributed by atoms with Crippen LogP contribution in [0.2, 0.25) is 0 Å². The van der Waals surface area contributed by atoms with Crippen LogP contribution in [0.15, 0.2) is 18.3 Å². The molecule has 1 fully saturated rings. The molecular weight excluding hydrogens is 192 g/mol. The third-order valence-electron chi connectivity index (χ3n) is 2.60. The van der Waals surface area contributed by atoms with Crippen molar-refractivity contribution in [2.24, 2.45) is 0 Å². The summed E-state index contributed by atoms with van der Waals surface area (Å²) in [5, 5.41) is 0. The quantitative estimate of drug-likeness (QED) is 0.689. The van der Waals surface area contributed by atoms with Crippen LogP contribution in [0, 0.1) is 0 Å². The Morgan fingerprint density at radius 3 is 2.53 bits per heavy atom. The molecule has 0 atom stereocenters. The molecule has 0 aromatic carbocycles. The Balaban J connectivity index is 2.01. The van der Waals surface area contributed by atoms with Crippen molar-refractivity contribution in [3.8, 4) is 0 Å². The van der Waals surface area contributed by atoms with Crippen LogP contribution in [-0.4, -0.2) is 42.5 Å². The average Bonchev–Trinajstić information content (AvgIpc) is 2.30. The predicted molar refractivity (Wildman–Crippen MR) is 58.5 cm³/mol. The number of nitrogens with two attached hydrogens (primary N) is 1. The summed E-state index contributed by atoms with van der Waals surface area (Å²) in [5.41, 5.74) is 6.58. The summed E-state index contributed by atoms with van der Waals surface area (Å²) < 4.78 is 0. The summed E-state index contributed by atoms with van der Waals surface area (Å²) in [4.78, 5) is 18.6. The number of aromatic nitrogens is 1. The highest BCUT2D eigenvalue weighted by atomic mass is 16.1. The zero-order valence-corrected chi connectivity index (χ0v) is 8.47. The fourth-order valence-corrected chi connectivity index (χ4v) is 1.67. The Morgan fingerprint density at radius 2 is 2.00 bits per heavy atom. The first-order valence-electron chi connectivity index (χ1n) is 4.95. The summed E-state index contributed by atoms with van der Waals surface area (Å²) >= 11 is 0. The monoisotopic (exact) mass is 206 g/mol. The number of hydrogen-bond acceptors (Lipinski definition) is 4. The van der Waals surface area contributed by atoms with E-state index in [4.69, 9.17) is 5.73 Å². The van der Waals surface area contributed by atoms with Crippen molar-refractivity contribution in [1.82, 2.24) is 9.88 Å². The number of nitrogen functional groups attached to an aromatic ring is 1. The van der Waals surface area contributed by atoms with Gasteiger partial charge in [0, 0.05) is 26.2 Å². The second-order valence-electron chi connectivity index (χ2n) is 3.57. The second-order valence-corrected chi connectivity index (χ2v) is 3.57. The molecule has 0 radical (unpaired) electrons. The van der Waals surface area contributed by atoms with Crippen molar-refractivity contribution in [2.75, 3.05) is 36.8 Å². The summed E-state index contributed by atoms with van der Waals surface area (Å²) in [6, 6.07) is 3.75. The lowest BCUT2D eigenvalue weighted by Gasteiger charge is -2.33. The van der Waals surface area contributed by atoms with Gasteiger partial charge in [-0.25, -0.2) is 4.98 Å². The smallest absolute Gasteiger partial charge is 0.209 e. The zero-order valence-electron chi connectivity index (χ0n) is 8.47. The largest absolute Gasteiger partial charge is 0.384 e. The van der Waals surface area contributed by atoms with Gasteiger partial charge in [-0.05, 0) is 12.1 Å². The molecule has 1 aliphatic heterocycles. The van der Waals surface area contributed by atoms with Gasteiger partial charge in [0.05, 0.1) is 11.9 Å². The number of carbonyl (C=O) groups excluding carboxylic acids is 1. The lowest BCUT2D eigenvalue weighted by molar-refractivity contribution is -0.118. The van der Waals surface area contributed by atoms with Crippen LogP contribution in [-0.2, 0) is 4.79 Å². The number of anilines is 2. The molecule has 2 rings (SSSR count). The standard InChI is InChI=1S/C10H14N4O/c11-10-2-1-9(7-12-10)14-5-3-13(8-15)4-6-14/h1-2,7-8H,3-6H2,(H2,11,12). The van der Waals surface area contributed by atoms with Gasteiger partial charge in [-0.1, -0.05) is 0 Å². The molecule has 1 saturated heterocycles. The number of rotatable bonds is 2. The van der Waals surface area contributed by atoms with Crippen LogP contribution in [0.5, 0.6) is 0 Å². The van der Waals surface area contributed by atoms with Crippen LogP contribution in [0.3, 0.4) is 0 Å². The van der Waals surface area contributed by atoms with Gasteiger partial charge in [0.1, 0.15) is 5.82 Å². The van der Waals surface area contributed by atoms with Gasteiger partial charge in [0.15, 0.2) is 0 Å². The minimum absolute atomic E-state index is 0.533. The normalized spacial score (nSPS) is 16.5. The molecule has 0 aliphatic carbocycles. The minimum Gasteiger partial charge on any atom is -0.384 e. The topological polar surface area (TPSA) is 62.5 Å². The number of piperazine rings is 1. The van der Waals surface area contributed by atoms with Gasteiger partial charge in [-0.15, -0.1) is 0 Å². The van der Waals surface area contributed by atoms with Crippen molar-refractivity contribution in [1.29, 1.82) is 0 Å². The van der Waals surface area contributed by atoms with Crippen LogP contribution < -0.4 is 10.6 Å². The van der Waals surface area contributed by atoms with Gasteiger partial charge in [-0.3, -0.25) is 4.79 Å². The van der Waals surface area contributed by atoms with E-state index in [0.29, 0.717) is 5.82 Å². The Labute approximate surface area is 88.5 Å². The lowest BCUT2D eigenvalue weighted by Crippen LogP contribution is -2.45. The molecule has 0 spiro atoms. The van der Waals surface area contributed by atoms with Crippen molar-refractivity contribution >= 4 is 17.9 Å². The van der Waals surface area contributed by atoms with Crippen LogP contribution in [0.4, 0.5) is 11.5 Å². The zero-order chi connectivity index (χ0) is 10.7. The van der Waals surface area contributed by atoms with Gasteiger partial charge >= 0.3 is 0 Å². The maximum absolute atomic E-state index is 10.5. The Kier molecular flexibility index (Phi) is 2.71. The number of amides is 1. The van der Waals surface area contributed by atoms with E-state index in [1.165, 1.54) is 0 Å². The molecule has 2 heterocycles. The molecule has 80 valence electrons. The average molecular weight is 206 g/mol. The number of nitrogens with zero attached hydrogens (tertiary/aromatic N) is 3. The summed E-state index contributed by atoms with van der Waals surface area (Å²) in [7, 11) is 0. The third kappa shape index (κ3) is 2.18. The first kappa shape index (κ1) is 9.76. The van der Waals surface area contributed by atoms with Gasteiger partial charge in [0.2, 0.25) is 6.41 Å². The molecule has 15 heavy (non-hydrogen) atoms. The van der Waals surface area contributed by atoms with Crippen molar-refractivity contribution in [3.63, 3.8) is 0 Å². The van der Waals surface area contributed by atoms with E-state index in [-0.39, 0.29) is 0 Å². The molecule has 2 N–H and O–H groups in total. The molecule has 1 aromatic rings. The highest BCUT2D eigenvalue weighted by Gasteiger charge is 2.15. The van der Waals surface area contributed by atoms with E-state index in [1.807, 2.05) is 6.07 Å². The first-order chi connectivity index (χ1) is 7.29. The maximum atomic E-state index is 10.5. The molecule has 1 aromatic heterocycles. The van der Waals surface area contributed by atoms with E-state index in [9.17, 15) is 4.79 Å². The molecule has 0 bridgehead atoms. The Morgan fingerprint density at radius 1 is 1.27 bits per heavy atom. The second kappa shape index (κ2) is 4.16. The van der Waals surface area contributed by atoms with Gasteiger partial charge in [-0.2, -0.15) is 0 Å². The number of hydrogen-bond donors (Lipinski definition) is 1. The molecule has 0 saturated carbocycles. The molecule has 5 nitrogen and oxygen atoms in total. The van der Waals surface area contributed by atoms with Crippen molar-refractivity contribution < 1.29 is 4.79 Å². The highest BCUT2D eigenvalue weighted by Crippen LogP contribution is 2.15. The summed E-state index contributed by atoms with van der Waals surface area (Å²) in [6.45, 7) is 3.25. The predicted octanol–water partition coefficient (Wildman–Crippen LogP) is -0.0578. The van der Waals surface area contributed by atoms with E-state index in [1.54, 1.807) is 17.2 Å². The maximum Gasteiger partial charge on any atom is 0.209 e. The Bertz CT molecular complexity index is 330. The Hall–Kier alpha value is -1.78. The third-order valence-corrected chi connectivity index (χ3v) is 2.60. The van der Waals surface area contributed by atoms with Crippen LogP contribution >= 0.6 is 0 Å². The molecular formula is C10H14N4O. The molecule has 0 unspecified atom stereocenters. The lowest BCUT2D eigenvalue weighted by atomic mass is 10.3. The highest BCUT2D eigenvalue weighted by molar-refractivity contribution is 5.51. The molecule has 1 amide bonds. The number of carbonyl (C=O) groups is 1. The molecule has 5 heteroatoms. The van der Waals surface area contributed by atoms with Crippen LogP contribution in [0.1, 0.15) is 0 Å². The van der Waals surface area contributed by atoms with E-state index < -0.39 is 0 Å². The fraction of sp³-hybridized carbons (Fsp3) is 0.400. The van der Waals surface area contributed by atoms with Gasteiger partial charge < -0.3 is 15.5 Å². The first-order valence-corrected chi connectivity index (χ1v) is 4.95. The van der Waals surface area contributed by atoms with E-state index in [2.05, 4.69) is 9.88 Å². The van der Waals surface area contributed by atoms with Crippen LogP contribution in [0.25, 0.3) is 0 Å². The molecule has 1 aliphatic rings. The SMILES string of the molecule is Nc1ccc(N2CCN(C=O)CC2)cn1. The van der Waals surface area contributed by atoms with Crippen molar-refractivity contribution in [3.05, 3.63) is 18.3 Å². The number of pyridine rings is 1. The van der Waals surface area contributed by atoms with Crippen molar-refractivity contribution in [2.45, 2.75) is 0 Å². The minimum atomic E-state index is 0.533. The summed E-state index contributed by atoms with van der Waals surface area (Å²) in [5.74, 6) is 0.533. The van der Waals surface area contributed by atoms with E-state index in [0.717, 1.165) is 38.3 Å². The summed E-state index contributed by atoms with van der Waals surface area (Å²) in [6.07, 6.45) is 2.67.